The van der Waals surface area contributed by atoms with Crippen LogP contribution in [-0.2, 0) is 11.3 Å². The Hall–Kier alpha value is -2.67. The molecule has 1 aromatic carbocycles. The first-order valence-corrected chi connectivity index (χ1v) is 9.72. The Morgan fingerprint density at radius 3 is 2.64 bits per heavy atom. The number of amides is 2. The summed E-state index contributed by atoms with van der Waals surface area (Å²) in [5.41, 5.74) is 0.932. The molecule has 2 aliphatic heterocycles. The van der Waals surface area contributed by atoms with Gasteiger partial charge in [0, 0.05) is 39.3 Å². The van der Waals surface area contributed by atoms with Crippen LogP contribution < -0.4 is 0 Å². The minimum absolute atomic E-state index is 0.0949. The van der Waals surface area contributed by atoms with Crippen molar-refractivity contribution in [2.45, 2.75) is 25.4 Å². The maximum absolute atomic E-state index is 13.1. The second-order valence-corrected chi connectivity index (χ2v) is 7.35. The molecular weight excluding hydrogens is 361 g/mol. The fourth-order valence-electron chi connectivity index (χ4n) is 4.04. The zero-order chi connectivity index (χ0) is 19.5. The van der Waals surface area contributed by atoms with Crippen molar-refractivity contribution in [3.8, 4) is 0 Å². The van der Waals surface area contributed by atoms with Crippen LogP contribution in [0.25, 0.3) is 0 Å². The van der Waals surface area contributed by atoms with Crippen LogP contribution in [0.1, 0.15) is 29.0 Å². The summed E-state index contributed by atoms with van der Waals surface area (Å²) < 4.78 is 18.3. The Balaban J connectivity index is 1.35. The Labute approximate surface area is 163 Å². The summed E-state index contributed by atoms with van der Waals surface area (Å²) in [6, 6.07) is 9.54. The molecule has 0 saturated carbocycles. The van der Waals surface area contributed by atoms with E-state index in [1.54, 1.807) is 29.2 Å². The van der Waals surface area contributed by atoms with Crippen LogP contribution in [0.2, 0.25) is 0 Å². The van der Waals surface area contributed by atoms with Gasteiger partial charge in [0.15, 0.2) is 5.76 Å². The van der Waals surface area contributed by atoms with E-state index in [1.165, 1.54) is 18.4 Å². The second kappa shape index (κ2) is 8.14. The number of carbonyl (C=O) groups is 2. The van der Waals surface area contributed by atoms with Crippen molar-refractivity contribution < 1.29 is 18.4 Å². The number of rotatable bonds is 4. The van der Waals surface area contributed by atoms with Gasteiger partial charge in [0.05, 0.1) is 12.3 Å². The van der Waals surface area contributed by atoms with Gasteiger partial charge < -0.3 is 14.2 Å². The van der Waals surface area contributed by atoms with Crippen molar-refractivity contribution in [1.29, 1.82) is 0 Å². The molecule has 6 nitrogen and oxygen atoms in total. The SMILES string of the molecule is O=C(c1ccco1)N1CCCN([C@@H]2CCN(Cc3ccc(F)cc3)C2=O)CC1. The van der Waals surface area contributed by atoms with Crippen molar-refractivity contribution in [2.24, 2.45) is 0 Å². The molecule has 4 rings (SSSR count). The lowest BCUT2D eigenvalue weighted by Gasteiger charge is -2.26. The van der Waals surface area contributed by atoms with Gasteiger partial charge in [0.25, 0.3) is 5.91 Å². The van der Waals surface area contributed by atoms with Gasteiger partial charge in [-0.3, -0.25) is 14.5 Å². The first-order valence-electron chi connectivity index (χ1n) is 9.72. The molecule has 0 aliphatic carbocycles. The number of furan rings is 1. The molecule has 0 N–H and O–H groups in total. The normalized spacial score (nSPS) is 21.2. The number of likely N-dealkylation sites (tertiary alicyclic amines) is 1. The van der Waals surface area contributed by atoms with Gasteiger partial charge >= 0.3 is 0 Å². The summed E-state index contributed by atoms with van der Waals surface area (Å²) in [7, 11) is 0. The highest BCUT2D eigenvalue weighted by Gasteiger charge is 2.36. The quantitative estimate of drug-likeness (QED) is 0.811. The monoisotopic (exact) mass is 385 g/mol. The van der Waals surface area contributed by atoms with Gasteiger partial charge in [-0.2, -0.15) is 0 Å². The summed E-state index contributed by atoms with van der Waals surface area (Å²) in [6.07, 6.45) is 3.12. The third-order valence-corrected chi connectivity index (χ3v) is 5.55. The number of hydrogen-bond acceptors (Lipinski definition) is 4. The molecular formula is C21H24FN3O3. The van der Waals surface area contributed by atoms with Crippen LogP contribution in [0.15, 0.2) is 47.1 Å². The van der Waals surface area contributed by atoms with E-state index in [0.29, 0.717) is 38.5 Å². The van der Waals surface area contributed by atoms with E-state index in [4.69, 9.17) is 4.42 Å². The minimum Gasteiger partial charge on any atom is -0.459 e. The summed E-state index contributed by atoms with van der Waals surface area (Å²) in [5.74, 6) is 0.112. The lowest BCUT2D eigenvalue weighted by atomic mass is 10.2. The molecule has 0 radical (unpaired) electrons. The van der Waals surface area contributed by atoms with E-state index in [0.717, 1.165) is 24.9 Å². The van der Waals surface area contributed by atoms with Gasteiger partial charge in [-0.15, -0.1) is 0 Å². The molecule has 0 unspecified atom stereocenters. The molecule has 2 saturated heterocycles. The third kappa shape index (κ3) is 3.94. The maximum atomic E-state index is 13.1. The maximum Gasteiger partial charge on any atom is 0.289 e. The molecule has 2 aliphatic rings. The molecule has 148 valence electrons. The fourth-order valence-corrected chi connectivity index (χ4v) is 4.04. The number of benzene rings is 1. The van der Waals surface area contributed by atoms with Crippen molar-refractivity contribution >= 4 is 11.8 Å². The molecule has 1 aromatic heterocycles. The summed E-state index contributed by atoms with van der Waals surface area (Å²) in [4.78, 5) is 31.2. The highest BCUT2D eigenvalue weighted by molar-refractivity contribution is 5.91. The summed E-state index contributed by atoms with van der Waals surface area (Å²) in [6.45, 7) is 3.92. The first kappa shape index (κ1) is 18.7. The first-order chi connectivity index (χ1) is 13.6. The molecule has 0 bridgehead atoms. The lowest BCUT2D eigenvalue weighted by molar-refractivity contribution is -0.132. The van der Waals surface area contributed by atoms with E-state index in [1.807, 2.05) is 4.90 Å². The molecule has 3 heterocycles. The average molecular weight is 385 g/mol. The number of carbonyl (C=O) groups excluding carboxylic acids is 2. The number of hydrogen-bond donors (Lipinski definition) is 0. The Bertz CT molecular complexity index is 822. The molecule has 7 heteroatoms. The number of nitrogens with zero attached hydrogens (tertiary/aromatic N) is 3. The van der Waals surface area contributed by atoms with Crippen LogP contribution in [0, 0.1) is 5.82 Å². The third-order valence-electron chi connectivity index (χ3n) is 5.55. The van der Waals surface area contributed by atoms with E-state index in [2.05, 4.69) is 4.90 Å². The highest BCUT2D eigenvalue weighted by atomic mass is 19.1. The summed E-state index contributed by atoms with van der Waals surface area (Å²) >= 11 is 0. The predicted molar refractivity (Wildman–Crippen MR) is 101 cm³/mol. The van der Waals surface area contributed by atoms with Gasteiger partial charge in [-0.05, 0) is 42.7 Å². The molecule has 2 aromatic rings. The minimum atomic E-state index is -0.271. The standard InChI is InChI=1S/C21H24FN3O3/c22-17-6-4-16(5-7-17)15-25-11-8-18(20(25)26)23-9-2-10-24(13-12-23)21(27)19-3-1-14-28-19/h1,3-7,14,18H,2,8-13,15H2/t18-/m1/s1. The Morgan fingerprint density at radius 1 is 1.07 bits per heavy atom. The van der Waals surface area contributed by atoms with Gasteiger partial charge in [0.2, 0.25) is 5.91 Å². The lowest BCUT2D eigenvalue weighted by Crippen LogP contribution is -2.44. The topological polar surface area (TPSA) is 57.0 Å². The van der Waals surface area contributed by atoms with Crippen molar-refractivity contribution in [1.82, 2.24) is 14.7 Å². The van der Waals surface area contributed by atoms with Gasteiger partial charge in [0.1, 0.15) is 5.82 Å². The van der Waals surface area contributed by atoms with E-state index < -0.39 is 0 Å². The highest BCUT2D eigenvalue weighted by Crippen LogP contribution is 2.22. The van der Waals surface area contributed by atoms with Crippen molar-refractivity contribution in [3.63, 3.8) is 0 Å². The van der Waals surface area contributed by atoms with E-state index in [9.17, 15) is 14.0 Å². The van der Waals surface area contributed by atoms with Gasteiger partial charge in [-0.1, -0.05) is 12.1 Å². The zero-order valence-corrected chi connectivity index (χ0v) is 15.7. The summed E-state index contributed by atoms with van der Waals surface area (Å²) in [5, 5.41) is 0. The van der Waals surface area contributed by atoms with Crippen LogP contribution in [0.3, 0.4) is 0 Å². The Kier molecular flexibility index (Phi) is 5.43. The van der Waals surface area contributed by atoms with Crippen LogP contribution in [0.5, 0.6) is 0 Å². The second-order valence-electron chi connectivity index (χ2n) is 7.35. The molecule has 0 spiro atoms. The Morgan fingerprint density at radius 2 is 1.89 bits per heavy atom. The zero-order valence-electron chi connectivity index (χ0n) is 15.7. The smallest absolute Gasteiger partial charge is 0.289 e. The van der Waals surface area contributed by atoms with E-state index in [-0.39, 0.29) is 23.7 Å². The largest absolute Gasteiger partial charge is 0.459 e. The number of halogens is 1. The molecule has 2 fully saturated rings. The van der Waals surface area contributed by atoms with Crippen LogP contribution in [0.4, 0.5) is 4.39 Å². The van der Waals surface area contributed by atoms with Crippen LogP contribution in [-0.4, -0.2) is 65.3 Å². The predicted octanol–water partition coefficient (Wildman–Crippen LogP) is 2.37. The van der Waals surface area contributed by atoms with Crippen LogP contribution >= 0.6 is 0 Å². The fraction of sp³-hybridized carbons (Fsp3) is 0.429. The van der Waals surface area contributed by atoms with Crippen molar-refractivity contribution in [3.05, 3.63) is 59.8 Å². The average Bonchev–Trinajstić information content (AvgIpc) is 3.28. The molecule has 1 atom stereocenters. The van der Waals surface area contributed by atoms with Crippen molar-refractivity contribution in [2.75, 3.05) is 32.7 Å². The molecule has 2 amide bonds. The van der Waals surface area contributed by atoms with E-state index >= 15 is 0 Å². The van der Waals surface area contributed by atoms with Gasteiger partial charge in [-0.25, -0.2) is 4.39 Å². The molecule has 28 heavy (non-hydrogen) atoms.